The fourth-order valence-corrected chi connectivity index (χ4v) is 4.34. The van der Waals surface area contributed by atoms with Gasteiger partial charge in [0.05, 0.1) is 18.8 Å². The van der Waals surface area contributed by atoms with Crippen molar-refractivity contribution >= 4 is 0 Å². The largest absolute Gasteiger partial charge is 0.390 e. The molecule has 0 radical (unpaired) electrons. The lowest BCUT2D eigenvalue weighted by Gasteiger charge is -2.42. The zero-order chi connectivity index (χ0) is 28.6. The summed E-state index contributed by atoms with van der Waals surface area (Å²) in [5, 5.41) is 96.8. The van der Waals surface area contributed by atoms with Crippen molar-refractivity contribution in [2.45, 2.75) is 58.3 Å². The smallest absolute Gasteiger partial charge is 0.106 e. The second kappa shape index (κ2) is 18.9. The fraction of sp³-hybridized carbons (Fsp3) is 0.778. The van der Waals surface area contributed by atoms with Gasteiger partial charge in [0.2, 0.25) is 0 Å². The van der Waals surface area contributed by atoms with Gasteiger partial charge in [0.15, 0.2) is 0 Å². The van der Waals surface area contributed by atoms with Gasteiger partial charge < -0.3 is 15.3 Å². The molecular weight excluding hydrogens is 552 g/mol. The minimum atomic E-state index is -1.39. The van der Waals surface area contributed by atoms with Gasteiger partial charge in [0, 0.05) is 5.92 Å². The number of hydrogen-bond donors (Lipinski definition) is 4. The standard InChI is InChI=1S/C18H30O21/c1-9-5-10(2)12(4)15(11(9)3)7-13-6-14(17(20)18(21)16(13)19)8-23-25-27-29-31-33-35-37-39-38-36-34-32-30-28-26-24-22/h10,12-14,16-22H,1,5-8H2,2-4H3/t10-,12+,13-,14+,16-,17+,18+/m0/s1. The molecule has 0 unspecified atom stereocenters. The van der Waals surface area contributed by atoms with E-state index in [0.717, 1.165) is 17.6 Å². The van der Waals surface area contributed by atoms with Crippen LogP contribution in [0.4, 0.5) is 0 Å². The van der Waals surface area contributed by atoms with Gasteiger partial charge in [-0.05, 0) is 130 Å². The molecule has 0 aromatic carbocycles. The Morgan fingerprint density at radius 3 is 1.67 bits per heavy atom. The molecule has 0 aromatic rings. The lowest BCUT2D eigenvalue weighted by atomic mass is 9.68. The number of hydrogen-bond acceptors (Lipinski definition) is 21. The average molecular weight is 582 g/mol. The Morgan fingerprint density at radius 1 is 0.692 bits per heavy atom. The minimum Gasteiger partial charge on any atom is -0.390 e. The second-order valence-electron chi connectivity index (χ2n) is 8.54. The van der Waals surface area contributed by atoms with E-state index in [-0.39, 0.29) is 12.5 Å². The van der Waals surface area contributed by atoms with Crippen LogP contribution in [0.15, 0.2) is 23.3 Å². The zero-order valence-electron chi connectivity index (χ0n) is 20.8. The normalized spacial score (nSPS) is 29.8. The van der Waals surface area contributed by atoms with E-state index in [1.165, 1.54) is 5.57 Å². The number of aliphatic hydroxyl groups is 3. The summed E-state index contributed by atoms with van der Waals surface area (Å²) < 4.78 is 0. The molecule has 0 saturated heterocycles. The third-order valence-electron chi connectivity index (χ3n) is 6.49. The Balaban J connectivity index is 1.56. The molecule has 2 rings (SSSR count). The van der Waals surface area contributed by atoms with Crippen LogP contribution in [0.5, 0.6) is 0 Å². The van der Waals surface area contributed by atoms with Gasteiger partial charge in [0.1, 0.15) is 6.10 Å². The molecule has 21 heteroatoms. The van der Waals surface area contributed by atoms with Crippen LogP contribution in [0.1, 0.15) is 40.0 Å². The van der Waals surface area contributed by atoms with Crippen molar-refractivity contribution in [3.8, 4) is 0 Å². The SMILES string of the molecule is C=C1C[C@H](C)[C@@H](C)C(C[C@@H]2C[C@H](COOOOOOOOOOOOOOOOOO)[C@@H](O)[C@H](O)[C@H]2O)=C1C. The molecule has 1 saturated carbocycles. The van der Waals surface area contributed by atoms with Crippen molar-refractivity contribution in [1.29, 1.82) is 0 Å². The van der Waals surface area contributed by atoms with E-state index >= 15 is 0 Å². The molecule has 2 aliphatic carbocycles. The molecule has 0 aromatic heterocycles. The molecule has 39 heavy (non-hydrogen) atoms. The van der Waals surface area contributed by atoms with E-state index in [4.69, 9.17) is 10.1 Å². The summed E-state index contributed by atoms with van der Waals surface area (Å²) in [6.45, 7) is 10.2. The minimum absolute atomic E-state index is 0.238. The highest BCUT2D eigenvalue weighted by Gasteiger charge is 2.43. The molecule has 7 atom stereocenters. The molecule has 0 amide bonds. The predicted molar refractivity (Wildman–Crippen MR) is 105 cm³/mol. The van der Waals surface area contributed by atoms with Gasteiger partial charge in [-0.15, -0.1) is 0 Å². The molecule has 228 valence electrons. The van der Waals surface area contributed by atoms with Gasteiger partial charge in [0.25, 0.3) is 0 Å². The molecule has 0 aliphatic heterocycles. The zero-order valence-corrected chi connectivity index (χ0v) is 20.8. The van der Waals surface area contributed by atoms with Crippen LogP contribution >= 0.6 is 0 Å². The number of rotatable bonds is 20. The molecule has 1 fully saturated rings. The first-order valence-electron chi connectivity index (χ1n) is 11.1. The summed E-state index contributed by atoms with van der Waals surface area (Å²) in [5.41, 5.74) is 3.35. The lowest BCUT2D eigenvalue weighted by Crippen LogP contribution is -2.52. The van der Waals surface area contributed by atoms with Crippen molar-refractivity contribution in [1.82, 2.24) is 0 Å². The monoisotopic (exact) mass is 582 g/mol. The quantitative estimate of drug-likeness (QED) is 0.0890. The van der Waals surface area contributed by atoms with Crippen molar-refractivity contribution in [2.75, 3.05) is 6.61 Å². The maximum absolute atomic E-state index is 10.6. The molecule has 0 bridgehead atoms. The third-order valence-corrected chi connectivity index (χ3v) is 6.49. The van der Waals surface area contributed by atoms with Gasteiger partial charge >= 0.3 is 0 Å². The molecule has 0 heterocycles. The van der Waals surface area contributed by atoms with Crippen molar-refractivity contribution < 1.29 is 106 Å². The highest BCUT2D eigenvalue weighted by Crippen LogP contribution is 2.43. The van der Waals surface area contributed by atoms with E-state index in [1.807, 2.05) is 6.92 Å². The summed E-state index contributed by atoms with van der Waals surface area (Å²) in [7, 11) is 0. The maximum Gasteiger partial charge on any atom is 0.106 e. The van der Waals surface area contributed by atoms with Crippen LogP contribution in [0, 0.1) is 23.7 Å². The predicted octanol–water partition coefficient (Wildman–Crippen LogP) is 1.04. The lowest BCUT2D eigenvalue weighted by molar-refractivity contribution is -0.889. The first-order valence-corrected chi connectivity index (χ1v) is 11.1. The van der Waals surface area contributed by atoms with E-state index in [1.54, 1.807) is 0 Å². The van der Waals surface area contributed by atoms with E-state index in [2.05, 4.69) is 101 Å². The molecule has 0 spiro atoms. The van der Waals surface area contributed by atoms with E-state index < -0.39 is 24.2 Å². The molecule has 21 nitrogen and oxygen atoms in total. The molecular formula is C18H30O21. The van der Waals surface area contributed by atoms with Gasteiger partial charge in [-0.1, -0.05) is 31.6 Å². The highest BCUT2D eigenvalue weighted by molar-refractivity contribution is 5.37. The van der Waals surface area contributed by atoms with Gasteiger partial charge in [-0.3, -0.25) is 0 Å². The van der Waals surface area contributed by atoms with Crippen LogP contribution in [0.3, 0.4) is 0 Å². The van der Waals surface area contributed by atoms with Crippen LogP contribution in [0.25, 0.3) is 0 Å². The first-order chi connectivity index (χ1) is 18.8. The van der Waals surface area contributed by atoms with Crippen molar-refractivity contribution in [2.24, 2.45) is 23.7 Å². The number of allylic oxidation sites excluding steroid dienone is 3. The van der Waals surface area contributed by atoms with E-state index in [0.29, 0.717) is 24.7 Å². The molecule has 4 N–H and O–H groups in total. The van der Waals surface area contributed by atoms with Crippen molar-refractivity contribution in [3.05, 3.63) is 23.3 Å². The van der Waals surface area contributed by atoms with Crippen molar-refractivity contribution in [3.63, 3.8) is 0 Å². The summed E-state index contributed by atoms with van der Waals surface area (Å²) in [5.74, 6) is -0.253. The summed E-state index contributed by atoms with van der Waals surface area (Å²) in [6.07, 6.45) is -2.02. The van der Waals surface area contributed by atoms with Gasteiger partial charge in [-0.2, -0.15) is 0 Å². The summed E-state index contributed by atoms with van der Waals surface area (Å²) >= 11 is 0. The molecule has 2 aliphatic rings. The summed E-state index contributed by atoms with van der Waals surface area (Å²) in [6, 6.07) is 0. The number of aliphatic hydroxyl groups excluding tert-OH is 3. The second-order valence-corrected chi connectivity index (χ2v) is 8.54. The summed E-state index contributed by atoms with van der Waals surface area (Å²) in [4.78, 5) is 4.79. The van der Waals surface area contributed by atoms with Crippen LogP contribution in [-0.2, 0) is 85.5 Å². The average Bonchev–Trinajstić information content (AvgIpc) is 2.92. The van der Waals surface area contributed by atoms with Crippen LogP contribution < -0.4 is 0 Å². The fourth-order valence-electron chi connectivity index (χ4n) is 4.34. The Hall–Kier alpha value is -1.36. The Labute approximate surface area is 218 Å². The van der Waals surface area contributed by atoms with Crippen LogP contribution in [0.2, 0.25) is 0 Å². The maximum atomic E-state index is 10.6. The van der Waals surface area contributed by atoms with E-state index in [9.17, 15) is 15.3 Å². The first kappa shape index (κ1) is 33.8. The van der Waals surface area contributed by atoms with Gasteiger partial charge in [-0.25, -0.2) is 10.1 Å². The van der Waals surface area contributed by atoms with Crippen LogP contribution in [-0.4, -0.2) is 45.5 Å². The Kier molecular flexibility index (Phi) is 16.4. The topological polar surface area (TPSA) is 238 Å². The Bertz CT molecular complexity index is 721. The Morgan fingerprint density at radius 2 is 1.15 bits per heavy atom. The highest BCUT2D eigenvalue weighted by atomic mass is 18.0. The third kappa shape index (κ3) is 11.6.